The minimum atomic E-state index is -1.13. The fourth-order valence-corrected chi connectivity index (χ4v) is 2.31. The molecule has 2 rings (SSSR count). The second kappa shape index (κ2) is 8.31. The number of rotatable bonds is 8. The molecule has 0 radical (unpaired) electrons. The summed E-state index contributed by atoms with van der Waals surface area (Å²) >= 11 is 0. The third-order valence-corrected chi connectivity index (χ3v) is 3.53. The molecule has 0 amide bonds. The summed E-state index contributed by atoms with van der Waals surface area (Å²) in [4.78, 5) is 11.5. The van der Waals surface area contributed by atoms with Gasteiger partial charge in [0.2, 0.25) is 0 Å². The molecule has 0 saturated carbocycles. The molecule has 5 nitrogen and oxygen atoms in total. The molecule has 0 saturated heterocycles. The number of carbonyl (C=O) groups is 1. The number of aliphatic carboxylic acids is 1. The maximum Gasteiger partial charge on any atom is 0.313 e. The smallest absolute Gasteiger partial charge is 0.313 e. The molecule has 0 bridgehead atoms. The lowest BCUT2D eigenvalue weighted by Crippen LogP contribution is -2.30. The van der Waals surface area contributed by atoms with E-state index in [0.717, 1.165) is 5.56 Å². The van der Waals surface area contributed by atoms with Crippen molar-refractivity contribution in [2.24, 2.45) is 0 Å². The van der Waals surface area contributed by atoms with Crippen molar-refractivity contribution < 1.29 is 24.5 Å². The number of carboxylic acid groups (broad SMARTS) is 1. The topological polar surface area (TPSA) is 76.0 Å². The lowest BCUT2D eigenvalue weighted by molar-refractivity contribution is -0.142. The van der Waals surface area contributed by atoms with Crippen molar-refractivity contribution >= 4 is 5.97 Å². The second-order valence-corrected chi connectivity index (χ2v) is 5.16. The second-order valence-electron chi connectivity index (χ2n) is 5.16. The van der Waals surface area contributed by atoms with Crippen molar-refractivity contribution in [2.45, 2.75) is 18.6 Å². The van der Waals surface area contributed by atoms with Gasteiger partial charge in [0.15, 0.2) is 0 Å². The molecule has 5 heteroatoms. The van der Waals surface area contributed by atoms with E-state index in [1.165, 1.54) is 7.11 Å². The summed E-state index contributed by atoms with van der Waals surface area (Å²) in [6, 6.07) is 16.1. The number of aliphatic hydroxyl groups is 1. The SMILES string of the molecule is COc1ccc([C@@H](C(=O)O)[C@@H](O)COCc2ccccc2)cc1. The van der Waals surface area contributed by atoms with Crippen molar-refractivity contribution in [3.8, 4) is 5.75 Å². The van der Waals surface area contributed by atoms with Crippen LogP contribution in [0.1, 0.15) is 17.0 Å². The summed E-state index contributed by atoms with van der Waals surface area (Å²) in [6.45, 7) is 0.269. The minimum absolute atomic E-state index is 0.0576. The van der Waals surface area contributed by atoms with Gasteiger partial charge in [-0.3, -0.25) is 4.79 Å². The molecule has 0 aliphatic carbocycles. The third kappa shape index (κ3) is 4.81. The Kier molecular flexibility index (Phi) is 6.14. The fraction of sp³-hybridized carbons (Fsp3) is 0.278. The fourth-order valence-electron chi connectivity index (χ4n) is 2.31. The van der Waals surface area contributed by atoms with Crippen LogP contribution in [0, 0.1) is 0 Å². The first-order valence-electron chi connectivity index (χ1n) is 7.28. The molecule has 0 aliphatic heterocycles. The minimum Gasteiger partial charge on any atom is -0.497 e. The van der Waals surface area contributed by atoms with E-state index in [1.807, 2.05) is 30.3 Å². The Labute approximate surface area is 135 Å². The van der Waals surface area contributed by atoms with E-state index >= 15 is 0 Å². The summed E-state index contributed by atoms with van der Waals surface area (Å²) < 4.78 is 10.5. The summed E-state index contributed by atoms with van der Waals surface area (Å²) in [5.74, 6) is -1.50. The van der Waals surface area contributed by atoms with Crippen LogP contribution in [0.4, 0.5) is 0 Å². The van der Waals surface area contributed by atoms with Gasteiger partial charge in [0.1, 0.15) is 11.7 Å². The number of hydrogen-bond donors (Lipinski definition) is 2. The lowest BCUT2D eigenvalue weighted by atomic mass is 9.94. The van der Waals surface area contributed by atoms with Crippen LogP contribution in [0.5, 0.6) is 5.75 Å². The van der Waals surface area contributed by atoms with Crippen LogP contribution in [-0.2, 0) is 16.1 Å². The van der Waals surface area contributed by atoms with Gasteiger partial charge in [0.05, 0.1) is 26.4 Å². The van der Waals surface area contributed by atoms with Crippen LogP contribution in [0.3, 0.4) is 0 Å². The number of hydrogen-bond acceptors (Lipinski definition) is 4. The van der Waals surface area contributed by atoms with E-state index < -0.39 is 18.0 Å². The molecule has 0 heterocycles. The first-order valence-corrected chi connectivity index (χ1v) is 7.28. The average Bonchev–Trinajstić information content (AvgIpc) is 2.56. The van der Waals surface area contributed by atoms with Crippen LogP contribution >= 0.6 is 0 Å². The van der Waals surface area contributed by atoms with Crippen molar-refractivity contribution in [2.75, 3.05) is 13.7 Å². The van der Waals surface area contributed by atoms with Crippen molar-refractivity contribution in [1.29, 1.82) is 0 Å². The molecular formula is C18H20O5. The van der Waals surface area contributed by atoms with E-state index in [9.17, 15) is 15.0 Å². The monoisotopic (exact) mass is 316 g/mol. The lowest BCUT2D eigenvalue weighted by Gasteiger charge is -2.20. The van der Waals surface area contributed by atoms with Gasteiger partial charge in [-0.25, -0.2) is 0 Å². The molecule has 2 atom stereocenters. The first kappa shape index (κ1) is 17.0. The van der Waals surface area contributed by atoms with E-state index in [4.69, 9.17) is 9.47 Å². The predicted molar refractivity (Wildman–Crippen MR) is 85.5 cm³/mol. The van der Waals surface area contributed by atoms with Crippen LogP contribution in [-0.4, -0.2) is 36.0 Å². The molecule has 0 unspecified atom stereocenters. The highest BCUT2D eigenvalue weighted by Gasteiger charge is 2.28. The van der Waals surface area contributed by atoms with Gasteiger partial charge in [0.25, 0.3) is 0 Å². The predicted octanol–water partition coefficient (Wildman–Crippen LogP) is 2.44. The molecule has 122 valence electrons. The Morgan fingerprint density at radius 1 is 1.09 bits per heavy atom. The number of benzene rings is 2. The summed E-state index contributed by atoms with van der Waals surface area (Å²) in [5.41, 5.74) is 1.48. The van der Waals surface area contributed by atoms with Gasteiger partial charge in [-0.1, -0.05) is 42.5 Å². The average molecular weight is 316 g/mol. The zero-order chi connectivity index (χ0) is 16.7. The molecular weight excluding hydrogens is 296 g/mol. The maximum absolute atomic E-state index is 11.5. The highest BCUT2D eigenvalue weighted by molar-refractivity contribution is 5.77. The Morgan fingerprint density at radius 2 is 1.74 bits per heavy atom. The van der Waals surface area contributed by atoms with Crippen LogP contribution in [0.15, 0.2) is 54.6 Å². The van der Waals surface area contributed by atoms with Crippen molar-refractivity contribution in [3.63, 3.8) is 0 Å². The Balaban J connectivity index is 1.97. The maximum atomic E-state index is 11.5. The highest BCUT2D eigenvalue weighted by atomic mass is 16.5. The molecule has 0 aliphatic rings. The summed E-state index contributed by atoms with van der Waals surface area (Å²) in [6.07, 6.45) is -1.13. The zero-order valence-electron chi connectivity index (χ0n) is 12.9. The molecule has 0 aromatic heterocycles. The summed E-state index contributed by atoms with van der Waals surface area (Å²) in [7, 11) is 1.54. The molecule has 2 aromatic carbocycles. The van der Waals surface area contributed by atoms with Crippen LogP contribution < -0.4 is 4.74 Å². The van der Waals surface area contributed by atoms with Gasteiger partial charge >= 0.3 is 5.97 Å². The van der Waals surface area contributed by atoms with Crippen molar-refractivity contribution in [3.05, 3.63) is 65.7 Å². The van der Waals surface area contributed by atoms with Crippen molar-refractivity contribution in [1.82, 2.24) is 0 Å². The number of aliphatic hydroxyl groups excluding tert-OH is 1. The third-order valence-electron chi connectivity index (χ3n) is 3.53. The number of ether oxygens (including phenoxy) is 2. The van der Waals surface area contributed by atoms with Gasteiger partial charge < -0.3 is 19.7 Å². The van der Waals surface area contributed by atoms with Gasteiger partial charge in [-0.2, -0.15) is 0 Å². The Morgan fingerprint density at radius 3 is 2.30 bits per heavy atom. The number of carboxylic acids is 1. The van der Waals surface area contributed by atoms with E-state index in [-0.39, 0.29) is 6.61 Å². The van der Waals surface area contributed by atoms with E-state index in [0.29, 0.717) is 17.9 Å². The first-order chi connectivity index (χ1) is 11.1. The van der Waals surface area contributed by atoms with E-state index in [1.54, 1.807) is 24.3 Å². The van der Waals surface area contributed by atoms with Crippen LogP contribution in [0.2, 0.25) is 0 Å². The quantitative estimate of drug-likeness (QED) is 0.782. The normalized spacial score (nSPS) is 13.3. The number of methoxy groups -OCH3 is 1. The molecule has 23 heavy (non-hydrogen) atoms. The van der Waals surface area contributed by atoms with Gasteiger partial charge in [-0.15, -0.1) is 0 Å². The molecule has 2 N–H and O–H groups in total. The molecule has 0 fully saturated rings. The van der Waals surface area contributed by atoms with E-state index in [2.05, 4.69) is 0 Å². The van der Waals surface area contributed by atoms with Gasteiger partial charge in [0, 0.05) is 0 Å². The molecule has 2 aromatic rings. The largest absolute Gasteiger partial charge is 0.497 e. The Bertz CT molecular complexity index is 609. The standard InChI is InChI=1S/C18H20O5/c1-22-15-9-7-14(8-10-15)17(18(20)21)16(19)12-23-11-13-5-3-2-4-6-13/h2-10,16-17,19H,11-12H2,1H3,(H,20,21)/t16-,17+/m0/s1. The van der Waals surface area contributed by atoms with Crippen LogP contribution in [0.25, 0.3) is 0 Å². The summed E-state index contributed by atoms with van der Waals surface area (Å²) in [5, 5.41) is 19.6. The zero-order valence-corrected chi connectivity index (χ0v) is 12.9. The highest BCUT2D eigenvalue weighted by Crippen LogP contribution is 2.23. The van der Waals surface area contributed by atoms with Gasteiger partial charge in [-0.05, 0) is 23.3 Å². The Hall–Kier alpha value is -2.37. The molecule has 0 spiro atoms.